The third kappa shape index (κ3) is 5.78. The van der Waals surface area contributed by atoms with Crippen molar-refractivity contribution in [3.63, 3.8) is 0 Å². The SMILES string of the molecule is CCOC(=O)c1c(-c2ccccc2)oc2ccc(N(C(=O)Oc3ccccc3)S(=O)(=O)c3ccc(Cl)c([N+](=O)[O-])c3)cc12. The van der Waals surface area contributed by atoms with Crippen molar-refractivity contribution in [2.75, 3.05) is 10.9 Å². The monoisotopic (exact) mass is 620 g/mol. The lowest BCUT2D eigenvalue weighted by atomic mass is 10.1. The number of nitro benzene ring substituents is 1. The van der Waals surface area contributed by atoms with Crippen LogP contribution >= 0.6 is 11.6 Å². The van der Waals surface area contributed by atoms with Crippen molar-refractivity contribution in [2.24, 2.45) is 0 Å². The normalized spacial score (nSPS) is 11.2. The Morgan fingerprint density at radius 2 is 1.63 bits per heavy atom. The van der Waals surface area contributed by atoms with E-state index in [0.717, 1.165) is 18.2 Å². The van der Waals surface area contributed by atoms with Crippen LogP contribution in [0.3, 0.4) is 0 Å². The molecule has 0 radical (unpaired) electrons. The molecule has 5 rings (SSSR count). The van der Waals surface area contributed by atoms with E-state index in [4.69, 9.17) is 25.5 Å². The molecule has 0 spiro atoms. The number of rotatable bonds is 8. The van der Waals surface area contributed by atoms with Crippen LogP contribution in [-0.2, 0) is 14.8 Å². The summed E-state index contributed by atoms with van der Waals surface area (Å²) >= 11 is 5.90. The number of para-hydroxylation sites is 1. The van der Waals surface area contributed by atoms with Gasteiger partial charge in [-0.2, -0.15) is 4.31 Å². The van der Waals surface area contributed by atoms with Gasteiger partial charge in [0.2, 0.25) is 0 Å². The van der Waals surface area contributed by atoms with Crippen LogP contribution in [0.2, 0.25) is 5.02 Å². The third-order valence-corrected chi connectivity index (χ3v) is 8.20. The Balaban J connectivity index is 1.72. The van der Waals surface area contributed by atoms with Crippen molar-refractivity contribution in [1.29, 1.82) is 0 Å². The fourth-order valence-corrected chi connectivity index (χ4v) is 5.80. The Morgan fingerprint density at radius 3 is 2.28 bits per heavy atom. The van der Waals surface area contributed by atoms with Gasteiger partial charge >= 0.3 is 12.1 Å². The first-order chi connectivity index (χ1) is 20.6. The van der Waals surface area contributed by atoms with E-state index >= 15 is 0 Å². The van der Waals surface area contributed by atoms with Crippen molar-refractivity contribution < 1.29 is 36.8 Å². The lowest BCUT2D eigenvalue weighted by Crippen LogP contribution is -2.39. The average Bonchev–Trinajstić information content (AvgIpc) is 3.37. The molecule has 0 bridgehead atoms. The molecule has 0 fully saturated rings. The molecule has 0 unspecified atom stereocenters. The number of nitrogens with zero attached hydrogens (tertiary/aromatic N) is 2. The molecule has 0 atom stereocenters. The maximum atomic E-state index is 14.0. The highest BCUT2D eigenvalue weighted by atomic mass is 35.5. The van der Waals surface area contributed by atoms with Gasteiger partial charge in [0, 0.05) is 17.0 Å². The summed E-state index contributed by atoms with van der Waals surface area (Å²) in [6, 6.07) is 23.2. The zero-order valence-corrected chi connectivity index (χ0v) is 23.9. The maximum absolute atomic E-state index is 14.0. The summed E-state index contributed by atoms with van der Waals surface area (Å²) < 4.78 is 44.9. The summed E-state index contributed by atoms with van der Waals surface area (Å²) in [5.74, 6) is -0.509. The number of halogens is 1. The maximum Gasteiger partial charge on any atom is 0.434 e. The smallest absolute Gasteiger partial charge is 0.434 e. The molecule has 5 aromatic rings. The minimum Gasteiger partial charge on any atom is -0.462 e. The summed E-state index contributed by atoms with van der Waals surface area (Å²) in [4.78, 5) is 36.7. The molecule has 0 N–H and O–H groups in total. The molecule has 218 valence electrons. The number of nitro groups is 1. The van der Waals surface area contributed by atoms with Gasteiger partial charge in [-0.3, -0.25) is 10.1 Å². The molecule has 0 aliphatic carbocycles. The number of benzene rings is 4. The lowest BCUT2D eigenvalue weighted by Gasteiger charge is -2.22. The van der Waals surface area contributed by atoms with Gasteiger partial charge in [0.25, 0.3) is 15.7 Å². The molecule has 43 heavy (non-hydrogen) atoms. The number of carbonyl (C=O) groups is 2. The number of fused-ring (bicyclic) bond motifs is 1. The second-order valence-electron chi connectivity index (χ2n) is 8.89. The zero-order chi connectivity index (χ0) is 30.7. The zero-order valence-electron chi connectivity index (χ0n) is 22.3. The minimum absolute atomic E-state index is 0.0146. The van der Waals surface area contributed by atoms with E-state index in [9.17, 15) is 28.1 Å². The number of ether oxygens (including phenoxy) is 2. The Morgan fingerprint density at radius 1 is 0.953 bits per heavy atom. The van der Waals surface area contributed by atoms with Crippen LogP contribution in [0.25, 0.3) is 22.3 Å². The molecule has 0 aliphatic rings. The summed E-state index contributed by atoms with van der Waals surface area (Å²) in [5.41, 5.74) is -0.134. The largest absolute Gasteiger partial charge is 0.462 e. The summed E-state index contributed by atoms with van der Waals surface area (Å²) in [6.45, 7) is 1.69. The van der Waals surface area contributed by atoms with Crippen LogP contribution < -0.4 is 9.04 Å². The number of sulfonamides is 1. The first kappa shape index (κ1) is 29.3. The van der Waals surface area contributed by atoms with Gasteiger partial charge in [0.05, 0.1) is 22.1 Å². The second kappa shape index (κ2) is 12.0. The van der Waals surface area contributed by atoms with Gasteiger partial charge in [-0.15, -0.1) is 0 Å². The number of hydrogen-bond acceptors (Lipinski definition) is 9. The van der Waals surface area contributed by atoms with E-state index < -0.39 is 37.6 Å². The molecule has 13 heteroatoms. The van der Waals surface area contributed by atoms with E-state index in [2.05, 4.69) is 0 Å². The number of hydrogen-bond donors (Lipinski definition) is 0. The Kier molecular flexibility index (Phi) is 8.15. The quantitative estimate of drug-likeness (QED) is 0.0995. The first-order valence-corrected chi connectivity index (χ1v) is 14.5. The Labute approximate surface area is 250 Å². The lowest BCUT2D eigenvalue weighted by molar-refractivity contribution is -0.384. The summed E-state index contributed by atoms with van der Waals surface area (Å²) in [5, 5.41) is 11.4. The van der Waals surface area contributed by atoms with Gasteiger partial charge in [0.15, 0.2) is 0 Å². The molecular weight excluding hydrogens is 600 g/mol. The second-order valence-corrected chi connectivity index (χ2v) is 11.1. The summed E-state index contributed by atoms with van der Waals surface area (Å²) in [7, 11) is -4.85. The van der Waals surface area contributed by atoms with Crippen LogP contribution in [-0.4, -0.2) is 32.0 Å². The third-order valence-electron chi connectivity index (χ3n) is 6.19. The fourth-order valence-electron chi connectivity index (χ4n) is 4.28. The molecule has 1 amide bonds. The average molecular weight is 621 g/mol. The van der Waals surface area contributed by atoms with Gasteiger partial charge in [-0.05, 0) is 49.4 Å². The van der Waals surface area contributed by atoms with Crippen LogP contribution in [0.5, 0.6) is 5.75 Å². The Bertz CT molecular complexity index is 1960. The van der Waals surface area contributed by atoms with E-state index in [-0.39, 0.29) is 45.4 Å². The highest BCUT2D eigenvalue weighted by molar-refractivity contribution is 7.93. The van der Waals surface area contributed by atoms with Crippen molar-refractivity contribution in [3.8, 4) is 17.1 Å². The van der Waals surface area contributed by atoms with Crippen LogP contribution in [0.1, 0.15) is 17.3 Å². The van der Waals surface area contributed by atoms with E-state index in [1.54, 1.807) is 55.5 Å². The predicted octanol–water partition coefficient (Wildman–Crippen LogP) is 7.23. The Hall–Kier alpha value is -5.20. The first-order valence-electron chi connectivity index (χ1n) is 12.7. The number of amides is 1. The molecule has 0 aliphatic heterocycles. The molecular formula is C30H21ClN2O9S. The molecule has 0 saturated carbocycles. The van der Waals surface area contributed by atoms with E-state index in [0.29, 0.717) is 9.87 Å². The van der Waals surface area contributed by atoms with Crippen molar-refractivity contribution in [2.45, 2.75) is 11.8 Å². The molecule has 1 aromatic heterocycles. The van der Waals surface area contributed by atoms with Gasteiger partial charge in [-0.25, -0.2) is 18.0 Å². The van der Waals surface area contributed by atoms with E-state index in [1.807, 2.05) is 0 Å². The number of carbonyl (C=O) groups excluding carboxylic acids is 2. The number of furan rings is 1. The molecule has 0 saturated heterocycles. The topological polar surface area (TPSA) is 146 Å². The highest BCUT2D eigenvalue weighted by Gasteiger charge is 2.35. The van der Waals surface area contributed by atoms with Crippen LogP contribution in [0.15, 0.2) is 106 Å². The van der Waals surface area contributed by atoms with Gasteiger partial charge < -0.3 is 13.9 Å². The molecule has 11 nitrogen and oxygen atoms in total. The molecule has 1 heterocycles. The van der Waals surface area contributed by atoms with Crippen molar-refractivity contribution in [1.82, 2.24) is 0 Å². The predicted molar refractivity (Wildman–Crippen MR) is 158 cm³/mol. The molecule has 4 aromatic carbocycles. The van der Waals surface area contributed by atoms with Gasteiger partial charge in [0.1, 0.15) is 27.7 Å². The highest BCUT2D eigenvalue weighted by Crippen LogP contribution is 2.38. The summed E-state index contributed by atoms with van der Waals surface area (Å²) in [6.07, 6.45) is -1.34. The van der Waals surface area contributed by atoms with Crippen LogP contribution in [0.4, 0.5) is 16.2 Å². The van der Waals surface area contributed by atoms with Crippen molar-refractivity contribution >= 4 is 56.0 Å². The number of anilines is 1. The standard InChI is InChI=1S/C30H21ClN2O9S/c1-2-40-29(34)27-23-17-20(13-16-26(23)42-28(27)19-9-5-3-6-10-19)32(30(35)41-21-11-7-4-8-12-21)43(38,39)22-14-15-24(31)25(18-22)33(36)37/h3-18H,2H2,1H3. The van der Waals surface area contributed by atoms with Crippen LogP contribution in [0, 0.1) is 10.1 Å². The minimum atomic E-state index is -4.85. The van der Waals surface area contributed by atoms with E-state index in [1.165, 1.54) is 30.3 Å². The van der Waals surface area contributed by atoms with Gasteiger partial charge in [-0.1, -0.05) is 60.1 Å². The fraction of sp³-hybridized carbons (Fsp3) is 0.0667. The number of esters is 1. The van der Waals surface area contributed by atoms with Crippen molar-refractivity contribution in [3.05, 3.63) is 118 Å².